The highest BCUT2D eigenvalue weighted by Gasteiger charge is 2.36. The van der Waals surface area contributed by atoms with Crippen molar-refractivity contribution < 1.29 is 19.0 Å². The Kier molecular flexibility index (Phi) is 5.79. The lowest BCUT2D eigenvalue weighted by molar-refractivity contribution is -0.139. The number of aliphatic hydroxyl groups is 1. The number of carbonyl (C=O) groups excluding carboxylic acids is 1. The number of β-amino-alcohol motifs (C(OH)–C–C–N with tert-alkyl or cyclic N) is 1. The van der Waals surface area contributed by atoms with Crippen molar-refractivity contribution in [3.8, 4) is 5.75 Å². The van der Waals surface area contributed by atoms with Crippen LogP contribution in [-0.4, -0.2) is 41.2 Å². The second-order valence-corrected chi connectivity index (χ2v) is 7.13. The van der Waals surface area contributed by atoms with Gasteiger partial charge >= 0.3 is 0 Å². The quantitative estimate of drug-likeness (QED) is 0.868. The molecule has 1 heterocycles. The van der Waals surface area contributed by atoms with E-state index < -0.39 is 5.60 Å². The molecule has 6 heteroatoms. The summed E-state index contributed by atoms with van der Waals surface area (Å²) in [6.07, 6.45) is 1.35. The molecule has 1 amide bonds. The molecular weight excluding hydrogens is 357 g/mol. The van der Waals surface area contributed by atoms with Gasteiger partial charge in [0.25, 0.3) is 0 Å². The Balaban J connectivity index is 1.59. The van der Waals surface area contributed by atoms with E-state index in [-0.39, 0.29) is 31.3 Å². The minimum atomic E-state index is -1.11. The Morgan fingerprint density at radius 2 is 2.08 bits per heavy atom. The molecule has 0 saturated carbocycles. The standard InChI is InChI=1S/C20H21ClFNO3/c21-16-5-2-7-18(12-16)26-14-20(25)8-3-9-23(13-20)19(24)11-15-4-1-6-17(22)10-15/h1-2,4-7,10,12,25H,3,8-9,11,13-14H2. The highest BCUT2D eigenvalue weighted by atomic mass is 35.5. The van der Waals surface area contributed by atoms with Crippen LogP contribution in [0.15, 0.2) is 48.5 Å². The van der Waals surface area contributed by atoms with E-state index in [1.165, 1.54) is 12.1 Å². The minimum absolute atomic E-state index is 0.0804. The fraction of sp³-hybridized carbons (Fsp3) is 0.350. The summed E-state index contributed by atoms with van der Waals surface area (Å²) in [5.74, 6) is 0.0889. The zero-order chi connectivity index (χ0) is 18.6. The molecule has 0 aliphatic carbocycles. The van der Waals surface area contributed by atoms with E-state index in [1.807, 2.05) is 0 Å². The van der Waals surface area contributed by atoms with E-state index in [2.05, 4.69) is 0 Å². The van der Waals surface area contributed by atoms with Crippen LogP contribution >= 0.6 is 11.6 Å². The Bertz CT molecular complexity index is 785. The molecular formula is C20H21ClFNO3. The van der Waals surface area contributed by atoms with Gasteiger partial charge in [0.05, 0.1) is 13.0 Å². The molecule has 0 radical (unpaired) electrons. The predicted octanol–water partition coefficient (Wildman–Crippen LogP) is 3.45. The maximum absolute atomic E-state index is 13.3. The number of amides is 1. The van der Waals surface area contributed by atoms with Crippen LogP contribution in [-0.2, 0) is 11.2 Å². The minimum Gasteiger partial charge on any atom is -0.490 e. The number of hydrogen-bond donors (Lipinski definition) is 1. The van der Waals surface area contributed by atoms with Crippen LogP contribution in [0.5, 0.6) is 5.75 Å². The van der Waals surface area contributed by atoms with Crippen molar-refractivity contribution >= 4 is 17.5 Å². The van der Waals surface area contributed by atoms with E-state index in [1.54, 1.807) is 41.3 Å². The van der Waals surface area contributed by atoms with E-state index >= 15 is 0 Å². The van der Waals surface area contributed by atoms with Gasteiger partial charge in [-0.25, -0.2) is 4.39 Å². The first-order valence-corrected chi connectivity index (χ1v) is 8.94. The van der Waals surface area contributed by atoms with Gasteiger partial charge in [-0.1, -0.05) is 29.8 Å². The number of nitrogens with zero attached hydrogens (tertiary/aromatic N) is 1. The summed E-state index contributed by atoms with van der Waals surface area (Å²) in [6, 6.07) is 13.0. The number of piperidine rings is 1. The normalized spacial score (nSPS) is 20.0. The Morgan fingerprint density at radius 1 is 1.27 bits per heavy atom. The summed E-state index contributed by atoms with van der Waals surface area (Å²) in [7, 11) is 0. The van der Waals surface area contributed by atoms with Crippen LogP contribution in [0.1, 0.15) is 18.4 Å². The molecule has 2 aromatic rings. The fourth-order valence-electron chi connectivity index (χ4n) is 3.15. The topological polar surface area (TPSA) is 49.8 Å². The summed E-state index contributed by atoms with van der Waals surface area (Å²) >= 11 is 5.93. The van der Waals surface area contributed by atoms with Crippen LogP contribution < -0.4 is 4.74 Å². The number of halogens is 2. The van der Waals surface area contributed by atoms with Gasteiger partial charge in [0.2, 0.25) is 5.91 Å². The zero-order valence-electron chi connectivity index (χ0n) is 14.3. The third kappa shape index (κ3) is 4.96. The van der Waals surface area contributed by atoms with Crippen LogP contribution in [0.25, 0.3) is 0 Å². The molecule has 2 aromatic carbocycles. The molecule has 1 N–H and O–H groups in total. The fourth-order valence-corrected chi connectivity index (χ4v) is 3.33. The van der Waals surface area contributed by atoms with Gasteiger partial charge in [0, 0.05) is 11.6 Å². The Morgan fingerprint density at radius 3 is 2.85 bits per heavy atom. The summed E-state index contributed by atoms with van der Waals surface area (Å²) in [4.78, 5) is 14.1. The summed E-state index contributed by atoms with van der Waals surface area (Å²) in [5.41, 5.74) is -0.489. The van der Waals surface area contributed by atoms with Gasteiger partial charge in [0.15, 0.2) is 0 Å². The molecule has 0 spiro atoms. The van der Waals surface area contributed by atoms with Crippen molar-refractivity contribution in [1.82, 2.24) is 4.90 Å². The van der Waals surface area contributed by atoms with E-state index in [0.29, 0.717) is 35.7 Å². The van der Waals surface area contributed by atoms with Gasteiger partial charge in [-0.15, -0.1) is 0 Å². The lowest BCUT2D eigenvalue weighted by atomic mass is 9.93. The summed E-state index contributed by atoms with van der Waals surface area (Å²) in [5, 5.41) is 11.4. The molecule has 1 atom stereocenters. The average Bonchev–Trinajstić information content (AvgIpc) is 2.60. The molecule has 1 fully saturated rings. The molecule has 4 nitrogen and oxygen atoms in total. The number of carbonyl (C=O) groups is 1. The third-order valence-corrected chi connectivity index (χ3v) is 4.69. The molecule has 0 bridgehead atoms. The van der Waals surface area contributed by atoms with Crippen molar-refractivity contribution in [3.05, 3.63) is 64.9 Å². The first-order chi connectivity index (χ1) is 12.4. The predicted molar refractivity (Wildman–Crippen MR) is 97.8 cm³/mol. The van der Waals surface area contributed by atoms with Crippen LogP contribution in [0.4, 0.5) is 4.39 Å². The Hall–Kier alpha value is -2.11. The van der Waals surface area contributed by atoms with Gasteiger partial charge in [-0.2, -0.15) is 0 Å². The molecule has 138 valence electrons. The van der Waals surface area contributed by atoms with Crippen molar-refractivity contribution in [2.45, 2.75) is 24.9 Å². The molecule has 1 unspecified atom stereocenters. The lowest BCUT2D eigenvalue weighted by Crippen LogP contribution is -2.53. The molecule has 3 rings (SSSR count). The highest BCUT2D eigenvalue weighted by Crippen LogP contribution is 2.24. The second kappa shape index (κ2) is 8.06. The maximum atomic E-state index is 13.3. The second-order valence-electron chi connectivity index (χ2n) is 6.70. The zero-order valence-corrected chi connectivity index (χ0v) is 15.1. The smallest absolute Gasteiger partial charge is 0.227 e. The number of likely N-dealkylation sites (tertiary alicyclic amines) is 1. The first-order valence-electron chi connectivity index (χ1n) is 8.57. The first kappa shape index (κ1) is 18.7. The number of rotatable bonds is 5. The molecule has 1 aliphatic rings. The Labute approximate surface area is 157 Å². The van der Waals surface area contributed by atoms with Crippen LogP contribution in [0, 0.1) is 5.82 Å². The summed E-state index contributed by atoms with van der Waals surface area (Å²) < 4.78 is 19.0. The van der Waals surface area contributed by atoms with Gasteiger partial charge in [-0.3, -0.25) is 4.79 Å². The van der Waals surface area contributed by atoms with E-state index in [4.69, 9.17) is 16.3 Å². The summed E-state index contributed by atoms with van der Waals surface area (Å²) in [6.45, 7) is 0.854. The van der Waals surface area contributed by atoms with E-state index in [9.17, 15) is 14.3 Å². The molecule has 0 aromatic heterocycles. The van der Waals surface area contributed by atoms with Crippen LogP contribution in [0.3, 0.4) is 0 Å². The number of hydrogen-bond acceptors (Lipinski definition) is 3. The molecule has 1 aliphatic heterocycles. The van der Waals surface area contributed by atoms with Crippen molar-refractivity contribution in [2.24, 2.45) is 0 Å². The maximum Gasteiger partial charge on any atom is 0.227 e. The molecule has 26 heavy (non-hydrogen) atoms. The highest BCUT2D eigenvalue weighted by molar-refractivity contribution is 6.30. The number of ether oxygens (including phenoxy) is 1. The SMILES string of the molecule is O=C(Cc1cccc(F)c1)N1CCCC(O)(COc2cccc(Cl)c2)C1. The number of benzene rings is 2. The van der Waals surface area contributed by atoms with Crippen molar-refractivity contribution in [1.29, 1.82) is 0 Å². The van der Waals surface area contributed by atoms with Gasteiger partial charge in [-0.05, 0) is 48.7 Å². The van der Waals surface area contributed by atoms with Gasteiger partial charge < -0.3 is 14.7 Å². The third-order valence-electron chi connectivity index (χ3n) is 4.46. The van der Waals surface area contributed by atoms with Crippen LogP contribution in [0.2, 0.25) is 5.02 Å². The van der Waals surface area contributed by atoms with Gasteiger partial charge in [0.1, 0.15) is 23.8 Å². The largest absolute Gasteiger partial charge is 0.490 e. The lowest BCUT2D eigenvalue weighted by Gasteiger charge is -2.39. The van der Waals surface area contributed by atoms with Crippen molar-refractivity contribution in [3.63, 3.8) is 0 Å². The molecule has 1 saturated heterocycles. The monoisotopic (exact) mass is 377 g/mol. The van der Waals surface area contributed by atoms with Crippen molar-refractivity contribution in [2.75, 3.05) is 19.7 Å². The van der Waals surface area contributed by atoms with E-state index in [0.717, 1.165) is 0 Å². The average molecular weight is 378 g/mol.